The van der Waals surface area contributed by atoms with Crippen LogP contribution in [0.2, 0.25) is 0 Å². The van der Waals surface area contributed by atoms with Crippen LogP contribution in [0.15, 0.2) is 28.7 Å². The zero-order valence-corrected chi connectivity index (χ0v) is 12.0. The molecule has 0 saturated heterocycles. The number of methoxy groups -OCH3 is 1. The maximum atomic E-state index is 11.5. The molecule has 1 aromatic carbocycles. The molecular formula is C13H18BrNO2. The molecule has 0 aromatic heterocycles. The topological polar surface area (TPSA) is 29.5 Å². The van der Waals surface area contributed by atoms with Crippen molar-refractivity contribution in [2.45, 2.75) is 13.3 Å². The van der Waals surface area contributed by atoms with Crippen LogP contribution in [0.4, 0.5) is 5.69 Å². The number of hydrogen-bond acceptors (Lipinski definition) is 3. The number of benzene rings is 1. The Morgan fingerprint density at radius 3 is 2.76 bits per heavy atom. The Bertz CT molecular complexity index is 381. The van der Waals surface area contributed by atoms with Crippen molar-refractivity contribution < 1.29 is 9.53 Å². The van der Waals surface area contributed by atoms with Gasteiger partial charge in [0.2, 0.25) is 0 Å². The van der Waals surface area contributed by atoms with Gasteiger partial charge in [-0.2, -0.15) is 0 Å². The van der Waals surface area contributed by atoms with Gasteiger partial charge in [-0.15, -0.1) is 0 Å². The first-order chi connectivity index (χ1) is 8.08. The molecule has 3 nitrogen and oxygen atoms in total. The zero-order chi connectivity index (χ0) is 12.8. The molecule has 1 rings (SSSR count). The van der Waals surface area contributed by atoms with Gasteiger partial charge < -0.3 is 9.64 Å². The van der Waals surface area contributed by atoms with Gasteiger partial charge in [-0.1, -0.05) is 28.9 Å². The Kier molecular flexibility index (Phi) is 5.48. The maximum absolute atomic E-state index is 11.5. The van der Waals surface area contributed by atoms with Crippen LogP contribution in [0, 0.1) is 5.92 Å². The van der Waals surface area contributed by atoms with Gasteiger partial charge in [-0.25, -0.2) is 0 Å². The predicted octanol–water partition coefficient (Wildman–Crippen LogP) is 3.08. The number of halogens is 1. The van der Waals surface area contributed by atoms with Crippen molar-refractivity contribution in [3.05, 3.63) is 28.7 Å². The lowest BCUT2D eigenvalue weighted by Gasteiger charge is -2.23. The summed E-state index contributed by atoms with van der Waals surface area (Å²) in [5.41, 5.74) is 1.08. The molecule has 0 aliphatic heterocycles. The predicted molar refractivity (Wildman–Crippen MR) is 73.2 cm³/mol. The second-order valence-corrected chi connectivity index (χ2v) is 4.90. The normalized spacial score (nSPS) is 12.0. The lowest BCUT2D eigenvalue weighted by atomic mass is 10.1. The molecular weight excluding hydrogens is 282 g/mol. The van der Waals surface area contributed by atoms with E-state index in [1.54, 1.807) is 0 Å². The van der Waals surface area contributed by atoms with E-state index in [1.807, 2.05) is 38.2 Å². The van der Waals surface area contributed by atoms with E-state index in [9.17, 15) is 4.79 Å². The summed E-state index contributed by atoms with van der Waals surface area (Å²) in [7, 11) is 3.41. The number of nitrogens with zero attached hydrogens (tertiary/aromatic N) is 1. The van der Waals surface area contributed by atoms with Crippen LogP contribution in [0.5, 0.6) is 0 Å². The summed E-state index contributed by atoms with van der Waals surface area (Å²) in [6.07, 6.45) is 0.783. The Morgan fingerprint density at radius 2 is 2.24 bits per heavy atom. The van der Waals surface area contributed by atoms with E-state index in [-0.39, 0.29) is 11.9 Å². The molecule has 1 aromatic rings. The maximum Gasteiger partial charge on any atom is 0.310 e. The highest BCUT2D eigenvalue weighted by Gasteiger charge is 2.19. The summed E-state index contributed by atoms with van der Waals surface area (Å²) >= 11 is 3.44. The van der Waals surface area contributed by atoms with Crippen LogP contribution in [0.3, 0.4) is 0 Å². The Labute approximate surface area is 111 Å². The summed E-state index contributed by atoms with van der Waals surface area (Å²) in [6.45, 7) is 2.66. The molecule has 94 valence electrons. The first-order valence-corrected chi connectivity index (χ1v) is 6.42. The first-order valence-electron chi connectivity index (χ1n) is 5.63. The van der Waals surface area contributed by atoms with E-state index >= 15 is 0 Å². The lowest BCUT2D eigenvalue weighted by molar-refractivity contribution is -0.145. The molecule has 0 aliphatic rings. The van der Waals surface area contributed by atoms with Crippen LogP contribution >= 0.6 is 15.9 Å². The van der Waals surface area contributed by atoms with Gasteiger partial charge in [0.25, 0.3) is 0 Å². The van der Waals surface area contributed by atoms with Gasteiger partial charge in [-0.3, -0.25) is 4.79 Å². The molecule has 1 unspecified atom stereocenters. The van der Waals surface area contributed by atoms with Crippen molar-refractivity contribution >= 4 is 27.6 Å². The highest BCUT2D eigenvalue weighted by Crippen LogP contribution is 2.20. The molecule has 0 saturated carbocycles. The molecule has 0 bridgehead atoms. The first kappa shape index (κ1) is 14.0. The van der Waals surface area contributed by atoms with Gasteiger partial charge in [0.15, 0.2) is 0 Å². The molecule has 4 heteroatoms. The Balaban J connectivity index is 2.70. The molecule has 0 heterocycles. The molecule has 0 spiro atoms. The quantitative estimate of drug-likeness (QED) is 0.783. The number of rotatable bonds is 5. The zero-order valence-electron chi connectivity index (χ0n) is 10.4. The van der Waals surface area contributed by atoms with Crippen molar-refractivity contribution in [1.29, 1.82) is 0 Å². The fourth-order valence-corrected chi connectivity index (χ4v) is 2.07. The molecule has 1 atom stereocenters. The van der Waals surface area contributed by atoms with Crippen LogP contribution in [0.25, 0.3) is 0 Å². The van der Waals surface area contributed by atoms with Gasteiger partial charge in [0.05, 0.1) is 13.0 Å². The molecule has 0 N–H and O–H groups in total. The van der Waals surface area contributed by atoms with E-state index in [0.717, 1.165) is 16.6 Å². The minimum atomic E-state index is -0.144. The summed E-state index contributed by atoms with van der Waals surface area (Å²) in [4.78, 5) is 13.6. The molecule has 0 radical (unpaired) electrons. The number of anilines is 1. The fraction of sp³-hybridized carbons (Fsp3) is 0.462. The van der Waals surface area contributed by atoms with E-state index < -0.39 is 0 Å². The number of carbonyl (C=O) groups is 1. The Morgan fingerprint density at radius 1 is 1.53 bits per heavy atom. The minimum absolute atomic E-state index is 0.0796. The second kappa shape index (κ2) is 6.64. The van der Waals surface area contributed by atoms with E-state index in [1.165, 1.54) is 7.11 Å². The SMILES string of the molecule is CCC(CN(C)c1cccc(Br)c1)C(=O)OC. The number of ether oxygens (including phenoxy) is 1. The van der Waals surface area contributed by atoms with Crippen molar-refractivity contribution in [2.75, 3.05) is 25.6 Å². The van der Waals surface area contributed by atoms with E-state index in [0.29, 0.717) is 6.54 Å². The van der Waals surface area contributed by atoms with Gasteiger partial charge >= 0.3 is 5.97 Å². The fourth-order valence-electron chi connectivity index (χ4n) is 1.69. The molecule has 17 heavy (non-hydrogen) atoms. The minimum Gasteiger partial charge on any atom is -0.469 e. The van der Waals surface area contributed by atoms with Crippen molar-refractivity contribution in [3.8, 4) is 0 Å². The molecule has 0 fully saturated rings. The Hall–Kier alpha value is -1.03. The standard InChI is InChI=1S/C13H18BrNO2/c1-4-10(13(16)17-3)9-15(2)12-7-5-6-11(14)8-12/h5-8,10H,4,9H2,1-3H3. The molecule has 0 aliphatic carbocycles. The van der Waals surface area contributed by atoms with Crippen molar-refractivity contribution in [2.24, 2.45) is 5.92 Å². The van der Waals surface area contributed by atoms with Crippen LogP contribution in [0.1, 0.15) is 13.3 Å². The van der Waals surface area contributed by atoms with Gasteiger partial charge in [-0.05, 0) is 24.6 Å². The van der Waals surface area contributed by atoms with Crippen molar-refractivity contribution in [1.82, 2.24) is 0 Å². The third-order valence-electron chi connectivity index (χ3n) is 2.77. The number of hydrogen-bond donors (Lipinski definition) is 0. The monoisotopic (exact) mass is 299 g/mol. The van der Waals surface area contributed by atoms with Crippen LogP contribution in [-0.2, 0) is 9.53 Å². The average Bonchev–Trinajstić information content (AvgIpc) is 2.34. The summed E-state index contributed by atoms with van der Waals surface area (Å²) < 4.78 is 5.82. The summed E-state index contributed by atoms with van der Waals surface area (Å²) in [5.74, 6) is -0.224. The summed E-state index contributed by atoms with van der Waals surface area (Å²) in [6, 6.07) is 8.02. The van der Waals surface area contributed by atoms with Crippen LogP contribution < -0.4 is 4.90 Å². The smallest absolute Gasteiger partial charge is 0.310 e. The summed E-state index contributed by atoms with van der Waals surface area (Å²) in [5, 5.41) is 0. The highest BCUT2D eigenvalue weighted by atomic mass is 79.9. The third kappa shape index (κ3) is 4.04. The lowest BCUT2D eigenvalue weighted by Crippen LogP contribution is -2.30. The van der Waals surface area contributed by atoms with E-state index in [4.69, 9.17) is 4.74 Å². The molecule has 0 amide bonds. The number of esters is 1. The van der Waals surface area contributed by atoms with Crippen molar-refractivity contribution in [3.63, 3.8) is 0 Å². The van der Waals surface area contributed by atoms with Crippen LogP contribution in [-0.4, -0.2) is 26.7 Å². The van der Waals surface area contributed by atoms with E-state index in [2.05, 4.69) is 20.8 Å². The average molecular weight is 300 g/mol. The van der Waals surface area contributed by atoms with Gasteiger partial charge in [0, 0.05) is 23.8 Å². The second-order valence-electron chi connectivity index (χ2n) is 3.99. The largest absolute Gasteiger partial charge is 0.469 e. The highest BCUT2D eigenvalue weighted by molar-refractivity contribution is 9.10. The van der Waals surface area contributed by atoms with Gasteiger partial charge in [0.1, 0.15) is 0 Å². The number of carbonyl (C=O) groups excluding carboxylic acids is 1. The third-order valence-corrected chi connectivity index (χ3v) is 3.26.